The van der Waals surface area contributed by atoms with E-state index in [1.54, 1.807) is 11.3 Å². The number of aliphatic hydroxyl groups is 1. The van der Waals surface area contributed by atoms with Gasteiger partial charge in [0, 0.05) is 37.4 Å². The molecule has 0 aliphatic rings. The molecule has 9 heteroatoms. The zero-order valence-electron chi connectivity index (χ0n) is 19.5. The van der Waals surface area contributed by atoms with Crippen LogP contribution in [0.3, 0.4) is 0 Å². The molecule has 1 aromatic rings. The second kappa shape index (κ2) is 14.9. The van der Waals surface area contributed by atoms with Crippen LogP contribution in [0.15, 0.2) is 17.5 Å². The van der Waals surface area contributed by atoms with Crippen molar-refractivity contribution in [3.05, 3.63) is 22.4 Å². The van der Waals surface area contributed by atoms with Crippen LogP contribution < -0.4 is 10.6 Å². The lowest BCUT2D eigenvalue weighted by Crippen LogP contribution is -2.49. The predicted molar refractivity (Wildman–Crippen MR) is 129 cm³/mol. The first-order valence-corrected chi connectivity index (χ1v) is 13.9. The molecular weight excluding hydrogens is 434 g/mol. The van der Waals surface area contributed by atoms with Crippen molar-refractivity contribution in [2.75, 3.05) is 31.9 Å². The molecule has 0 unspecified atom stereocenters. The van der Waals surface area contributed by atoms with Crippen LogP contribution in [0.1, 0.15) is 58.3 Å². The van der Waals surface area contributed by atoms with Crippen LogP contribution in [-0.2, 0) is 21.2 Å². The van der Waals surface area contributed by atoms with E-state index in [1.165, 1.54) is 4.31 Å². The van der Waals surface area contributed by atoms with Crippen molar-refractivity contribution in [2.24, 2.45) is 5.92 Å². The van der Waals surface area contributed by atoms with E-state index in [1.807, 2.05) is 31.4 Å². The van der Waals surface area contributed by atoms with Crippen molar-refractivity contribution >= 4 is 27.3 Å². The number of carbonyl (C=O) groups is 1. The Balaban J connectivity index is 2.67. The fourth-order valence-electron chi connectivity index (χ4n) is 3.23. The smallest absolute Gasteiger partial charge is 0.221 e. The van der Waals surface area contributed by atoms with Gasteiger partial charge in [0.2, 0.25) is 15.9 Å². The number of nitrogens with zero attached hydrogens (tertiary/aromatic N) is 1. The van der Waals surface area contributed by atoms with Gasteiger partial charge in [-0.1, -0.05) is 33.8 Å². The summed E-state index contributed by atoms with van der Waals surface area (Å²) in [5.41, 5.74) is 0. The Morgan fingerprint density at radius 2 is 1.90 bits per heavy atom. The van der Waals surface area contributed by atoms with Gasteiger partial charge in [-0.15, -0.1) is 11.3 Å². The van der Waals surface area contributed by atoms with Crippen molar-refractivity contribution in [3.8, 4) is 0 Å². The number of amides is 1. The Kier molecular flexibility index (Phi) is 13.5. The molecule has 3 N–H and O–H groups in total. The third-order valence-electron chi connectivity index (χ3n) is 4.99. The lowest BCUT2D eigenvalue weighted by Gasteiger charge is -2.25. The summed E-state index contributed by atoms with van der Waals surface area (Å²) in [6.45, 7) is 10.3. The molecule has 7 nitrogen and oxygen atoms in total. The van der Waals surface area contributed by atoms with Crippen molar-refractivity contribution in [2.45, 2.75) is 71.9 Å². The lowest BCUT2D eigenvalue weighted by atomic mass is 10.1. The predicted octanol–water partition coefficient (Wildman–Crippen LogP) is 2.61. The molecule has 1 heterocycles. The summed E-state index contributed by atoms with van der Waals surface area (Å²) in [6.07, 6.45) is 2.14. The van der Waals surface area contributed by atoms with Gasteiger partial charge in [0.15, 0.2) is 0 Å². The summed E-state index contributed by atoms with van der Waals surface area (Å²) in [6, 6.07) is 3.44. The second-order valence-corrected chi connectivity index (χ2v) is 11.5. The molecule has 0 spiro atoms. The minimum absolute atomic E-state index is 0.110. The number of hydrogen-bond acceptors (Lipinski definition) is 6. The number of thiophene rings is 1. The molecule has 2 atom stereocenters. The molecule has 180 valence electrons. The average Bonchev–Trinajstić information content (AvgIpc) is 3.22. The number of aliphatic hydroxyl groups excluding tert-OH is 1. The molecule has 0 fully saturated rings. The average molecular weight is 476 g/mol. The first kappa shape index (κ1) is 28.0. The van der Waals surface area contributed by atoms with E-state index in [9.17, 15) is 18.3 Å². The molecule has 0 aliphatic carbocycles. The van der Waals surface area contributed by atoms with E-state index in [2.05, 4.69) is 24.5 Å². The van der Waals surface area contributed by atoms with Gasteiger partial charge in [-0.25, -0.2) is 12.7 Å². The first-order valence-electron chi connectivity index (χ1n) is 11.4. The first-order chi connectivity index (χ1) is 14.7. The van der Waals surface area contributed by atoms with Crippen LogP contribution in [-0.4, -0.2) is 67.8 Å². The minimum Gasteiger partial charge on any atom is -0.390 e. The van der Waals surface area contributed by atoms with Gasteiger partial charge in [-0.3, -0.25) is 4.79 Å². The SMILES string of the molecule is CCCN(CCC)S(=O)(=O)CCC(=O)N[C@@H](Cc1cccs1)[C@@H](O)CNCCC(C)C. The largest absolute Gasteiger partial charge is 0.390 e. The van der Waals surface area contributed by atoms with Gasteiger partial charge in [-0.2, -0.15) is 0 Å². The van der Waals surface area contributed by atoms with Gasteiger partial charge < -0.3 is 15.7 Å². The molecule has 0 saturated heterocycles. The third kappa shape index (κ3) is 11.4. The molecule has 0 aromatic carbocycles. The maximum atomic E-state index is 12.6. The fraction of sp³-hybridized carbons (Fsp3) is 0.773. The summed E-state index contributed by atoms with van der Waals surface area (Å²) >= 11 is 1.58. The van der Waals surface area contributed by atoms with Crippen molar-refractivity contribution < 1.29 is 18.3 Å². The lowest BCUT2D eigenvalue weighted by molar-refractivity contribution is -0.122. The monoisotopic (exact) mass is 475 g/mol. The number of sulfonamides is 1. The van der Waals surface area contributed by atoms with Crippen molar-refractivity contribution in [1.29, 1.82) is 0 Å². The zero-order valence-corrected chi connectivity index (χ0v) is 21.1. The molecule has 1 rings (SSSR count). The standard InChI is InChI=1S/C22H41N3O4S2/c1-5-12-25(13-6-2)31(28,29)15-10-22(27)24-20(16-19-8-7-14-30-19)21(26)17-23-11-9-18(3)4/h7-8,14,18,20-21,23,26H,5-6,9-13,15-17H2,1-4H3,(H,24,27)/t20-,21-/m0/s1. The summed E-state index contributed by atoms with van der Waals surface area (Å²) in [5, 5.41) is 18.8. The Bertz CT molecular complexity index is 702. The van der Waals surface area contributed by atoms with Crippen LogP contribution in [0, 0.1) is 5.92 Å². The Hall–Kier alpha value is -1.00. The fourth-order valence-corrected chi connectivity index (χ4v) is 5.62. The van der Waals surface area contributed by atoms with Gasteiger partial charge >= 0.3 is 0 Å². The van der Waals surface area contributed by atoms with E-state index in [-0.39, 0.29) is 18.1 Å². The van der Waals surface area contributed by atoms with E-state index in [0.29, 0.717) is 32.0 Å². The number of carbonyl (C=O) groups excluding carboxylic acids is 1. The molecule has 1 aromatic heterocycles. The topological polar surface area (TPSA) is 98.7 Å². The summed E-state index contributed by atoms with van der Waals surface area (Å²) in [7, 11) is -3.47. The van der Waals surface area contributed by atoms with Gasteiger partial charge in [-0.05, 0) is 43.2 Å². The summed E-state index contributed by atoms with van der Waals surface area (Å²) < 4.78 is 26.7. The van der Waals surface area contributed by atoms with Gasteiger partial charge in [0.25, 0.3) is 0 Å². The molecule has 0 saturated carbocycles. The van der Waals surface area contributed by atoms with E-state index < -0.39 is 22.2 Å². The molecular formula is C22H41N3O4S2. The van der Waals surface area contributed by atoms with Gasteiger partial charge in [0.1, 0.15) is 0 Å². The second-order valence-electron chi connectivity index (χ2n) is 8.38. The van der Waals surface area contributed by atoms with Crippen LogP contribution in [0.25, 0.3) is 0 Å². The maximum absolute atomic E-state index is 12.6. The number of hydrogen-bond donors (Lipinski definition) is 3. The molecule has 0 aliphatic heterocycles. The maximum Gasteiger partial charge on any atom is 0.221 e. The Morgan fingerprint density at radius 3 is 2.45 bits per heavy atom. The quantitative estimate of drug-likeness (QED) is 0.301. The van der Waals surface area contributed by atoms with Crippen LogP contribution in [0.4, 0.5) is 0 Å². The Labute approximate surface area is 192 Å². The van der Waals surface area contributed by atoms with E-state index in [4.69, 9.17) is 0 Å². The van der Waals surface area contributed by atoms with E-state index in [0.717, 1.165) is 30.7 Å². The number of nitrogens with one attached hydrogen (secondary N) is 2. The van der Waals surface area contributed by atoms with Crippen LogP contribution in [0.5, 0.6) is 0 Å². The molecule has 31 heavy (non-hydrogen) atoms. The third-order valence-corrected chi connectivity index (χ3v) is 7.76. The van der Waals surface area contributed by atoms with E-state index >= 15 is 0 Å². The Morgan fingerprint density at radius 1 is 1.23 bits per heavy atom. The molecule has 0 bridgehead atoms. The highest BCUT2D eigenvalue weighted by Gasteiger charge is 2.25. The minimum atomic E-state index is -3.47. The zero-order chi connectivity index (χ0) is 23.3. The molecule has 1 amide bonds. The van der Waals surface area contributed by atoms with Gasteiger partial charge in [0.05, 0.1) is 17.9 Å². The highest BCUT2D eigenvalue weighted by Crippen LogP contribution is 2.13. The van der Waals surface area contributed by atoms with Crippen molar-refractivity contribution in [1.82, 2.24) is 14.9 Å². The van der Waals surface area contributed by atoms with Crippen molar-refractivity contribution in [3.63, 3.8) is 0 Å². The summed E-state index contributed by atoms with van der Waals surface area (Å²) in [4.78, 5) is 13.6. The highest BCUT2D eigenvalue weighted by atomic mass is 32.2. The number of rotatable bonds is 17. The molecule has 0 radical (unpaired) electrons. The highest BCUT2D eigenvalue weighted by molar-refractivity contribution is 7.89. The van der Waals surface area contributed by atoms with Crippen LogP contribution in [0.2, 0.25) is 0 Å². The summed E-state index contributed by atoms with van der Waals surface area (Å²) in [5.74, 6) is 0.0142. The normalized spacial score (nSPS) is 14.2. The van der Waals surface area contributed by atoms with Crippen LogP contribution >= 0.6 is 11.3 Å².